The van der Waals surface area contributed by atoms with E-state index in [1.807, 2.05) is 72.8 Å². The van der Waals surface area contributed by atoms with Crippen LogP contribution in [0.4, 0.5) is 0 Å². The molecule has 45 heavy (non-hydrogen) atoms. The fraction of sp³-hybridized carbons (Fsp3) is 0.429. The van der Waals surface area contributed by atoms with E-state index in [-0.39, 0.29) is 29.9 Å². The lowest BCUT2D eigenvalue weighted by Crippen LogP contribution is -2.61. The van der Waals surface area contributed by atoms with Crippen LogP contribution in [0.2, 0.25) is 0 Å². The molecule has 0 bridgehead atoms. The van der Waals surface area contributed by atoms with E-state index < -0.39 is 35.4 Å². The monoisotopic (exact) mass is 630 g/mol. The van der Waals surface area contributed by atoms with Gasteiger partial charge in [-0.25, -0.2) is 0 Å². The van der Waals surface area contributed by atoms with Crippen LogP contribution in [0.15, 0.2) is 72.8 Å². The summed E-state index contributed by atoms with van der Waals surface area (Å²) in [5, 5.41) is 17.5. The second kappa shape index (κ2) is 14.9. The summed E-state index contributed by atoms with van der Waals surface area (Å²) in [7, 11) is 0. The number of amides is 4. The minimum absolute atomic E-state index is 0.169. The van der Waals surface area contributed by atoms with Gasteiger partial charge in [-0.15, -0.1) is 11.8 Å². The molecule has 10 heteroatoms. The zero-order valence-electron chi connectivity index (χ0n) is 25.5. The maximum absolute atomic E-state index is 14.1. The van der Waals surface area contributed by atoms with Gasteiger partial charge in [0.15, 0.2) is 0 Å². The number of piperidine rings is 1. The molecular weight excluding hydrogens is 588 g/mol. The molecule has 2 fully saturated rings. The Morgan fingerprint density at radius 3 is 2.31 bits per heavy atom. The molecular formula is C35H42N4O5S. The fourth-order valence-electron chi connectivity index (χ4n) is 6.78. The van der Waals surface area contributed by atoms with Crippen molar-refractivity contribution in [1.29, 1.82) is 0 Å². The second-order valence-electron chi connectivity index (χ2n) is 12.1. The molecule has 1 aliphatic heterocycles. The Labute approximate surface area is 268 Å². The van der Waals surface area contributed by atoms with Gasteiger partial charge in [-0.3, -0.25) is 19.2 Å². The first kappa shape index (κ1) is 32.5. The molecule has 3 aromatic rings. The lowest BCUT2D eigenvalue weighted by atomic mass is 9.78. The van der Waals surface area contributed by atoms with E-state index in [1.165, 1.54) is 4.90 Å². The third-order valence-electron chi connectivity index (χ3n) is 9.20. The molecule has 2 aliphatic rings. The number of carbonyl (C=O) groups excluding carboxylic acids is 4. The molecule has 3 atom stereocenters. The van der Waals surface area contributed by atoms with E-state index in [4.69, 9.17) is 5.73 Å². The summed E-state index contributed by atoms with van der Waals surface area (Å²) in [5.41, 5.74) is 6.81. The Balaban J connectivity index is 1.32. The van der Waals surface area contributed by atoms with Crippen molar-refractivity contribution in [3.05, 3.63) is 83.9 Å². The van der Waals surface area contributed by atoms with Gasteiger partial charge in [-0.1, -0.05) is 85.6 Å². The fourth-order valence-corrected chi connectivity index (χ4v) is 7.35. The van der Waals surface area contributed by atoms with E-state index in [0.29, 0.717) is 32.2 Å². The first-order chi connectivity index (χ1) is 21.8. The molecule has 1 saturated heterocycles. The zero-order valence-corrected chi connectivity index (χ0v) is 26.3. The van der Waals surface area contributed by atoms with Crippen LogP contribution in [0.1, 0.15) is 56.1 Å². The largest absolute Gasteiger partial charge is 0.386 e. The average Bonchev–Trinajstić information content (AvgIpc) is 3.58. The van der Waals surface area contributed by atoms with Crippen molar-refractivity contribution >= 4 is 46.2 Å². The molecule has 0 aromatic heterocycles. The number of likely N-dealkylation sites (tertiary alicyclic amines) is 1. The number of hydrogen-bond donors (Lipinski definition) is 4. The summed E-state index contributed by atoms with van der Waals surface area (Å²) in [6, 6.07) is 20.8. The van der Waals surface area contributed by atoms with E-state index in [1.54, 1.807) is 0 Å². The van der Waals surface area contributed by atoms with Crippen LogP contribution < -0.4 is 16.4 Å². The number of fused-ring (bicyclic) bond motifs is 1. The number of nitrogens with zero attached hydrogens (tertiary/aromatic N) is 1. The lowest BCUT2D eigenvalue weighted by Gasteiger charge is -2.38. The van der Waals surface area contributed by atoms with E-state index in [0.717, 1.165) is 52.9 Å². The smallest absolute Gasteiger partial charge is 0.246 e. The van der Waals surface area contributed by atoms with Gasteiger partial charge in [0, 0.05) is 18.7 Å². The highest BCUT2D eigenvalue weighted by atomic mass is 32.2. The topological polar surface area (TPSA) is 142 Å². The Morgan fingerprint density at radius 1 is 0.889 bits per heavy atom. The third-order valence-corrected chi connectivity index (χ3v) is 9.95. The summed E-state index contributed by atoms with van der Waals surface area (Å²) in [6.07, 6.45) is 5.33. The predicted molar refractivity (Wildman–Crippen MR) is 176 cm³/mol. The van der Waals surface area contributed by atoms with E-state index >= 15 is 0 Å². The van der Waals surface area contributed by atoms with Crippen LogP contribution in [0, 0.1) is 0 Å². The standard InChI is InChI=1S/C35H42N4O5S/c36-31(41)28(21-24-15-16-25-10-4-5-11-26(25)20-24)37-32(42)30-14-6-9-19-39(30)33(43)29(22-45-23-40)38-34(44)35(17-7-8-18-35)27-12-2-1-3-13-27/h1-5,10-13,15-16,20,28-30,40H,6-9,14,17-19,21-23H2,(H2,36,41)(H,37,42)(H,38,44)/t28-,29-,30-/m0/s1. The predicted octanol–water partition coefficient (Wildman–Crippen LogP) is 3.41. The van der Waals surface area contributed by atoms with Crippen LogP contribution in [-0.2, 0) is 31.0 Å². The normalized spacial score (nSPS) is 19.0. The maximum atomic E-state index is 14.1. The Bertz CT molecular complexity index is 1510. The van der Waals surface area contributed by atoms with Crippen LogP contribution >= 0.6 is 11.8 Å². The van der Waals surface area contributed by atoms with Crippen LogP contribution in [-0.4, -0.2) is 70.0 Å². The van der Waals surface area contributed by atoms with Crippen LogP contribution in [0.5, 0.6) is 0 Å². The van der Waals surface area contributed by atoms with Crippen molar-refractivity contribution in [1.82, 2.24) is 15.5 Å². The lowest BCUT2D eigenvalue weighted by molar-refractivity contribution is -0.145. The summed E-state index contributed by atoms with van der Waals surface area (Å²) in [6.45, 7) is 0.350. The van der Waals surface area contributed by atoms with Gasteiger partial charge in [0.05, 0.1) is 11.4 Å². The number of thioether (sulfide) groups is 1. The summed E-state index contributed by atoms with van der Waals surface area (Å²) < 4.78 is 0. The third kappa shape index (κ3) is 7.50. The highest BCUT2D eigenvalue weighted by molar-refractivity contribution is 7.99. The molecule has 9 nitrogen and oxygen atoms in total. The summed E-state index contributed by atoms with van der Waals surface area (Å²) in [5.74, 6) is -1.70. The van der Waals surface area contributed by atoms with Crippen LogP contribution in [0.25, 0.3) is 10.8 Å². The Hall–Kier alpha value is -3.89. The Kier molecular flexibility index (Phi) is 10.8. The number of nitrogens with two attached hydrogens (primary N) is 1. The van der Waals surface area contributed by atoms with Crippen molar-refractivity contribution in [2.24, 2.45) is 5.73 Å². The van der Waals surface area contributed by atoms with Crippen LogP contribution in [0.3, 0.4) is 0 Å². The van der Waals surface area contributed by atoms with Crippen molar-refractivity contribution in [3.63, 3.8) is 0 Å². The molecule has 1 saturated carbocycles. The quantitative estimate of drug-likeness (QED) is 0.226. The molecule has 238 valence electrons. The van der Waals surface area contributed by atoms with Crippen molar-refractivity contribution in [2.45, 2.75) is 74.9 Å². The zero-order chi connectivity index (χ0) is 31.8. The molecule has 4 amide bonds. The molecule has 1 aliphatic carbocycles. The molecule has 5 N–H and O–H groups in total. The average molecular weight is 631 g/mol. The van der Waals surface area contributed by atoms with Crippen molar-refractivity contribution < 1.29 is 24.3 Å². The molecule has 3 aromatic carbocycles. The summed E-state index contributed by atoms with van der Waals surface area (Å²) in [4.78, 5) is 55.7. The highest BCUT2D eigenvalue weighted by Gasteiger charge is 2.45. The van der Waals surface area contributed by atoms with Crippen molar-refractivity contribution in [3.8, 4) is 0 Å². The number of benzene rings is 3. The number of carbonyl (C=O) groups is 4. The molecule has 1 heterocycles. The van der Waals surface area contributed by atoms with Gasteiger partial charge < -0.3 is 26.4 Å². The minimum atomic E-state index is -0.953. The van der Waals surface area contributed by atoms with Gasteiger partial charge in [0.1, 0.15) is 18.1 Å². The van der Waals surface area contributed by atoms with Crippen molar-refractivity contribution in [2.75, 3.05) is 18.2 Å². The number of aliphatic hydroxyl groups is 1. The number of primary amides is 1. The maximum Gasteiger partial charge on any atom is 0.246 e. The number of rotatable bonds is 12. The molecule has 5 rings (SSSR count). The summed E-state index contributed by atoms with van der Waals surface area (Å²) >= 11 is 1.15. The first-order valence-corrected chi connectivity index (χ1v) is 16.9. The first-order valence-electron chi connectivity index (χ1n) is 15.8. The van der Waals surface area contributed by atoms with Gasteiger partial charge in [-0.2, -0.15) is 0 Å². The van der Waals surface area contributed by atoms with E-state index in [2.05, 4.69) is 10.6 Å². The van der Waals surface area contributed by atoms with Gasteiger partial charge in [0.2, 0.25) is 23.6 Å². The second-order valence-corrected chi connectivity index (χ2v) is 13.1. The molecule has 0 spiro atoms. The number of nitrogens with one attached hydrogen (secondary N) is 2. The minimum Gasteiger partial charge on any atom is -0.386 e. The highest BCUT2D eigenvalue weighted by Crippen LogP contribution is 2.41. The van der Waals surface area contributed by atoms with Gasteiger partial charge in [0.25, 0.3) is 0 Å². The SMILES string of the molecule is NC(=O)[C@H](Cc1ccc2ccccc2c1)NC(=O)[C@@H]1CCCCN1C(=O)[C@H](CSCO)NC(=O)C1(c2ccccc2)CCCC1. The number of hydrogen-bond acceptors (Lipinski definition) is 6. The number of aliphatic hydroxyl groups excluding tert-OH is 1. The van der Waals surface area contributed by atoms with E-state index in [9.17, 15) is 24.3 Å². The molecule has 0 radical (unpaired) electrons. The van der Waals surface area contributed by atoms with Gasteiger partial charge >= 0.3 is 0 Å². The van der Waals surface area contributed by atoms with Gasteiger partial charge in [-0.05, 0) is 54.0 Å². The molecule has 0 unspecified atom stereocenters. The Morgan fingerprint density at radius 2 is 1.60 bits per heavy atom.